The number of methoxy groups -OCH3 is 1. The van der Waals surface area contributed by atoms with E-state index < -0.39 is 86.8 Å². The van der Waals surface area contributed by atoms with Gasteiger partial charge in [0.05, 0.1) is 38.2 Å². The van der Waals surface area contributed by atoms with E-state index in [4.69, 9.17) is 42.5 Å². The van der Waals surface area contributed by atoms with Gasteiger partial charge in [-0.3, -0.25) is 15.0 Å². The van der Waals surface area contributed by atoms with E-state index >= 15 is 0 Å². The SMILES string of the molecule is CC(C)OC(=O)c1cc(-c2nn(C)c(C(F)(F)F)c2Br)c(F)cc1Cl.COc1nc(C)nc(NC(=O)NS(=O)(=O)c2ccccc2CCC(F)(F)F)n1.O=C(O)COc1ccc(Cl)c2cccnc12. The van der Waals surface area contributed by atoms with Crippen molar-refractivity contribution in [3.8, 4) is 23.0 Å². The molecule has 0 spiro atoms. The molecule has 3 heterocycles. The van der Waals surface area contributed by atoms with Crippen LogP contribution in [0.1, 0.15) is 47.7 Å². The Morgan fingerprint density at radius 1 is 0.957 bits per heavy atom. The summed E-state index contributed by atoms with van der Waals surface area (Å²) in [7, 11) is -2.06. The summed E-state index contributed by atoms with van der Waals surface area (Å²) in [6.07, 6.45) is -9.73. The van der Waals surface area contributed by atoms with Gasteiger partial charge in [-0.1, -0.05) is 41.4 Å². The Bertz CT molecular complexity index is 2970. The monoisotopic (exact) mass is 1100 g/mol. The highest BCUT2D eigenvalue weighted by Gasteiger charge is 2.39. The Hall–Kier alpha value is -6.38. The van der Waals surface area contributed by atoms with E-state index in [0.717, 1.165) is 30.6 Å². The third-order valence-corrected chi connectivity index (χ3v) is 11.3. The molecular weight excluding hydrogens is 1060 g/mol. The fourth-order valence-electron chi connectivity index (χ4n) is 5.67. The van der Waals surface area contributed by atoms with Crippen molar-refractivity contribution >= 4 is 84.0 Å². The maximum atomic E-state index is 14.3. The number of aromatic nitrogens is 6. The van der Waals surface area contributed by atoms with Gasteiger partial charge in [-0.15, -0.1) is 0 Å². The molecule has 0 fully saturated rings. The molecule has 0 saturated heterocycles. The predicted molar refractivity (Wildman–Crippen MR) is 238 cm³/mol. The molecule has 3 aromatic carbocycles. The second-order valence-electron chi connectivity index (χ2n) is 14.0. The summed E-state index contributed by atoms with van der Waals surface area (Å²) in [6.45, 7) is 4.33. The summed E-state index contributed by atoms with van der Waals surface area (Å²) in [5.41, 5.74) is -1.37. The van der Waals surface area contributed by atoms with Gasteiger partial charge in [0.25, 0.3) is 10.0 Å². The molecule has 3 N–H and O–H groups in total. The van der Waals surface area contributed by atoms with Crippen LogP contribution in [0.5, 0.6) is 11.8 Å². The lowest BCUT2D eigenvalue weighted by Crippen LogP contribution is -2.35. The molecule has 0 aliphatic carbocycles. The number of aliphatic carboxylic acids is 1. The number of carboxylic acid groups (broad SMARTS) is 1. The largest absolute Gasteiger partial charge is 0.480 e. The summed E-state index contributed by atoms with van der Waals surface area (Å²) in [4.78, 5) is 49.5. The molecule has 69 heavy (non-hydrogen) atoms. The van der Waals surface area contributed by atoms with Crippen LogP contribution in [0.2, 0.25) is 10.0 Å². The summed E-state index contributed by atoms with van der Waals surface area (Å²) in [5, 5.41) is 15.4. The smallest absolute Gasteiger partial charge is 0.434 e. The summed E-state index contributed by atoms with van der Waals surface area (Å²) in [6, 6.07) is 12.5. The maximum Gasteiger partial charge on any atom is 0.434 e. The number of esters is 1. The molecule has 17 nitrogen and oxygen atoms in total. The van der Waals surface area contributed by atoms with Crippen molar-refractivity contribution in [1.82, 2.24) is 34.4 Å². The summed E-state index contributed by atoms with van der Waals surface area (Å²) >= 11 is 14.6. The number of urea groups is 1. The van der Waals surface area contributed by atoms with Crippen LogP contribution in [0.4, 0.5) is 41.5 Å². The average Bonchev–Trinajstić information content (AvgIpc) is 3.55. The van der Waals surface area contributed by atoms with Crippen LogP contribution in [0.3, 0.4) is 0 Å². The van der Waals surface area contributed by atoms with Crippen LogP contribution < -0.4 is 19.5 Å². The van der Waals surface area contributed by atoms with Gasteiger partial charge in [0.2, 0.25) is 5.95 Å². The fraction of sp³-hybridized carbons (Fsp3) is 0.268. The number of fused-ring (bicyclic) bond motifs is 1. The second-order valence-corrected chi connectivity index (χ2v) is 17.3. The van der Waals surface area contributed by atoms with Crippen molar-refractivity contribution in [3.63, 3.8) is 0 Å². The van der Waals surface area contributed by atoms with Crippen molar-refractivity contribution in [2.45, 2.75) is 57.0 Å². The molecule has 0 unspecified atom stereocenters. The molecule has 0 saturated carbocycles. The number of anilines is 1. The number of hydrogen-bond acceptors (Lipinski definition) is 13. The lowest BCUT2D eigenvalue weighted by atomic mass is 10.1. The molecule has 6 aromatic rings. The third-order valence-electron chi connectivity index (χ3n) is 8.46. The lowest BCUT2D eigenvalue weighted by molar-refractivity contribution is -0.144. The number of carbonyl (C=O) groups is 3. The quantitative estimate of drug-likeness (QED) is 0.0766. The topological polar surface area (TPSA) is 227 Å². The lowest BCUT2D eigenvalue weighted by Gasteiger charge is -2.13. The summed E-state index contributed by atoms with van der Waals surface area (Å²) < 4.78 is 133. The van der Waals surface area contributed by atoms with Crippen LogP contribution in [0.15, 0.2) is 76.2 Å². The first kappa shape index (κ1) is 55.2. The zero-order chi connectivity index (χ0) is 51.6. The molecule has 2 amide bonds. The number of rotatable bonds is 12. The third kappa shape index (κ3) is 15.6. The van der Waals surface area contributed by atoms with Gasteiger partial charge < -0.3 is 19.3 Å². The van der Waals surface area contributed by atoms with E-state index in [1.807, 2.05) is 0 Å². The number of pyridine rings is 1. The van der Waals surface area contributed by atoms with Crippen LogP contribution in [-0.4, -0.2) is 87.2 Å². The van der Waals surface area contributed by atoms with Gasteiger partial charge in [-0.25, -0.2) is 31.9 Å². The number of halogens is 10. The van der Waals surface area contributed by atoms with Gasteiger partial charge in [0.15, 0.2) is 12.3 Å². The number of hydrogen-bond donors (Lipinski definition) is 3. The number of carbonyl (C=O) groups excluding carboxylic acids is 2. The average molecular weight is 1100 g/mol. The molecule has 3 aromatic heterocycles. The molecule has 6 rings (SSSR count). The van der Waals surface area contributed by atoms with E-state index in [1.54, 1.807) is 49.0 Å². The Balaban J connectivity index is 0.000000233. The first-order valence-corrected chi connectivity index (χ1v) is 22.3. The molecule has 0 bridgehead atoms. The minimum atomic E-state index is -4.69. The Labute approximate surface area is 405 Å². The maximum absolute atomic E-state index is 14.3. The normalized spacial score (nSPS) is 11.5. The fourth-order valence-corrected chi connectivity index (χ4v) is 8.06. The molecular formula is C41H36BrCl2F7N8O9S. The number of sulfonamides is 1. The minimum Gasteiger partial charge on any atom is -0.480 e. The van der Waals surface area contributed by atoms with E-state index in [-0.39, 0.29) is 45.2 Å². The number of ether oxygens (including phenoxy) is 3. The number of benzene rings is 3. The first-order valence-electron chi connectivity index (χ1n) is 19.2. The highest BCUT2D eigenvalue weighted by atomic mass is 79.9. The Kier molecular flexibility index (Phi) is 18.6. The van der Waals surface area contributed by atoms with Crippen molar-refractivity contribution in [2.75, 3.05) is 19.0 Å². The Morgan fingerprint density at radius 3 is 2.25 bits per heavy atom. The van der Waals surface area contributed by atoms with Gasteiger partial charge >= 0.3 is 36.3 Å². The van der Waals surface area contributed by atoms with E-state index in [9.17, 15) is 53.5 Å². The number of amides is 2. The molecule has 0 aliphatic rings. The van der Waals surface area contributed by atoms with E-state index in [0.29, 0.717) is 21.0 Å². The molecule has 0 radical (unpaired) electrons. The highest BCUT2D eigenvalue weighted by Crippen LogP contribution is 2.41. The van der Waals surface area contributed by atoms with Crippen LogP contribution >= 0.6 is 39.1 Å². The van der Waals surface area contributed by atoms with Gasteiger partial charge in [-0.05, 0) is 91.1 Å². The number of aryl methyl sites for hydroxylation is 3. The van der Waals surface area contributed by atoms with E-state index in [2.05, 4.69) is 46.3 Å². The molecule has 370 valence electrons. The molecule has 0 atom stereocenters. The minimum absolute atomic E-state index is 0.0715. The first-order chi connectivity index (χ1) is 32.1. The standard InChI is InChI=1S/C15H12BrClF4N2O2.C15H16F3N5O4S.C11H8ClNO3/c1-6(2)25-14(24)7-4-8(10(18)5-9(7)17)12-11(16)13(15(19,20)21)23(3)22-12;1-9-19-12(22-14(20-9)27-2)21-13(24)23-28(25,26)11-6-4-3-5-10(11)7-8-15(16,17)18;12-8-3-4-9(16-6-10(14)15)11-7(8)2-1-5-13-11/h4-6H,1-3H3;3-6H,7-8H2,1-2H3,(H2,19,20,21,22,23,24);1-5H,6H2,(H,14,15). The number of carboxylic acids is 1. The predicted octanol–water partition coefficient (Wildman–Crippen LogP) is 9.77. The van der Waals surface area contributed by atoms with Crippen LogP contribution in [-0.2, 0) is 39.2 Å². The van der Waals surface area contributed by atoms with Gasteiger partial charge in [-0.2, -0.15) is 46.4 Å². The molecule has 28 heteroatoms. The van der Waals surface area contributed by atoms with Crippen LogP contribution in [0, 0.1) is 12.7 Å². The number of nitrogens with one attached hydrogen (secondary N) is 2. The van der Waals surface area contributed by atoms with Crippen LogP contribution in [0.25, 0.3) is 22.2 Å². The number of nitrogens with zero attached hydrogens (tertiary/aromatic N) is 6. The summed E-state index contributed by atoms with van der Waals surface area (Å²) in [5.74, 6) is -2.39. The molecule has 0 aliphatic heterocycles. The Morgan fingerprint density at radius 2 is 1.64 bits per heavy atom. The van der Waals surface area contributed by atoms with E-state index in [1.165, 1.54) is 32.2 Å². The highest BCUT2D eigenvalue weighted by molar-refractivity contribution is 9.10. The zero-order valence-corrected chi connectivity index (χ0v) is 40.0. The van der Waals surface area contributed by atoms with Crippen molar-refractivity contribution < 1.29 is 72.9 Å². The van der Waals surface area contributed by atoms with Crippen molar-refractivity contribution in [3.05, 3.63) is 110 Å². The zero-order valence-electron chi connectivity index (χ0n) is 36.1. The van der Waals surface area contributed by atoms with Gasteiger partial charge in [0.1, 0.15) is 28.6 Å². The second kappa shape index (κ2) is 23.3. The van der Waals surface area contributed by atoms with Crippen molar-refractivity contribution in [1.29, 1.82) is 0 Å². The van der Waals surface area contributed by atoms with Crippen molar-refractivity contribution in [2.24, 2.45) is 7.05 Å². The van der Waals surface area contributed by atoms with Gasteiger partial charge in [0, 0.05) is 30.6 Å². The number of alkyl halides is 6.